The van der Waals surface area contributed by atoms with Gasteiger partial charge in [0.1, 0.15) is 11.9 Å². The minimum Gasteiger partial charge on any atom is -0.457 e. The van der Waals surface area contributed by atoms with E-state index in [1.54, 1.807) is 12.1 Å². The third kappa shape index (κ3) is 6.30. The molecule has 1 saturated heterocycles. The number of piperidine rings is 1. The summed E-state index contributed by atoms with van der Waals surface area (Å²) in [5.74, 6) is -0.430. The highest BCUT2D eigenvalue weighted by Crippen LogP contribution is 2.24. The molecule has 0 aromatic heterocycles. The summed E-state index contributed by atoms with van der Waals surface area (Å²) in [6.45, 7) is 5.36. The van der Waals surface area contributed by atoms with Crippen LogP contribution in [0, 0.1) is 5.82 Å². The summed E-state index contributed by atoms with van der Waals surface area (Å²) >= 11 is 0. The van der Waals surface area contributed by atoms with Gasteiger partial charge in [-0.15, -0.1) is 0 Å². The number of benzene rings is 1. The first-order valence-corrected chi connectivity index (χ1v) is 8.86. The second kappa shape index (κ2) is 9.66. The zero-order valence-electron chi connectivity index (χ0n) is 14.1. The first-order valence-electron chi connectivity index (χ1n) is 8.86. The average Bonchev–Trinajstić information content (AvgIpc) is 2.56. The van der Waals surface area contributed by atoms with Crippen LogP contribution < -0.4 is 0 Å². The summed E-state index contributed by atoms with van der Waals surface area (Å²) in [7, 11) is 0. The fourth-order valence-corrected chi connectivity index (χ4v) is 3.08. The summed E-state index contributed by atoms with van der Waals surface area (Å²) in [5, 5.41) is 0. The Labute approximate surface area is 138 Å². The fraction of sp³-hybridized carbons (Fsp3) is 0.632. The normalized spacial score (nSPS) is 17.0. The molecule has 2 rings (SSSR count). The first-order chi connectivity index (χ1) is 11.2. The van der Waals surface area contributed by atoms with Crippen molar-refractivity contribution in [1.82, 2.24) is 4.90 Å². The molecule has 0 bridgehead atoms. The largest absolute Gasteiger partial charge is 0.457 e. The quantitative estimate of drug-likeness (QED) is 0.661. The van der Waals surface area contributed by atoms with Gasteiger partial charge >= 0.3 is 5.97 Å². The number of nitrogens with zero attached hydrogens (tertiary/aromatic N) is 1. The SMILES string of the molecule is CCCC(=O)OC(CCCN1CCCCC1)c1ccc(F)cc1. The van der Waals surface area contributed by atoms with Gasteiger partial charge in [-0.25, -0.2) is 4.39 Å². The standard InChI is InChI=1S/C19H28FNO2/c1-2-7-19(22)23-18(16-9-11-17(20)12-10-16)8-6-15-21-13-4-3-5-14-21/h9-12,18H,2-8,13-15H2,1H3. The van der Waals surface area contributed by atoms with E-state index in [4.69, 9.17) is 4.74 Å². The van der Waals surface area contributed by atoms with Gasteiger partial charge in [0.25, 0.3) is 0 Å². The molecule has 0 amide bonds. The van der Waals surface area contributed by atoms with Crippen LogP contribution in [-0.2, 0) is 9.53 Å². The number of hydrogen-bond acceptors (Lipinski definition) is 3. The van der Waals surface area contributed by atoms with Gasteiger partial charge in [-0.3, -0.25) is 4.79 Å². The molecule has 1 aromatic carbocycles. The van der Waals surface area contributed by atoms with Crippen molar-refractivity contribution in [2.45, 2.75) is 58.0 Å². The zero-order valence-corrected chi connectivity index (χ0v) is 14.1. The first kappa shape index (κ1) is 17.9. The monoisotopic (exact) mass is 321 g/mol. The van der Waals surface area contributed by atoms with Gasteiger partial charge in [-0.05, 0) is 69.4 Å². The highest BCUT2D eigenvalue weighted by atomic mass is 19.1. The Balaban J connectivity index is 1.89. The molecule has 128 valence electrons. The fourth-order valence-electron chi connectivity index (χ4n) is 3.08. The van der Waals surface area contributed by atoms with Crippen molar-refractivity contribution < 1.29 is 13.9 Å². The predicted octanol–water partition coefficient (Wildman–Crippen LogP) is 4.48. The number of rotatable bonds is 8. The maximum absolute atomic E-state index is 13.1. The van der Waals surface area contributed by atoms with Gasteiger partial charge in [-0.1, -0.05) is 25.5 Å². The van der Waals surface area contributed by atoms with Crippen molar-refractivity contribution in [3.8, 4) is 0 Å². The molecule has 0 N–H and O–H groups in total. The lowest BCUT2D eigenvalue weighted by atomic mass is 10.0. The molecular formula is C19H28FNO2. The van der Waals surface area contributed by atoms with Crippen LogP contribution in [0.15, 0.2) is 24.3 Å². The van der Waals surface area contributed by atoms with Gasteiger partial charge in [0.15, 0.2) is 0 Å². The van der Waals surface area contributed by atoms with Crippen LogP contribution in [0.5, 0.6) is 0 Å². The minimum atomic E-state index is -0.264. The smallest absolute Gasteiger partial charge is 0.306 e. The van der Waals surface area contributed by atoms with Crippen LogP contribution in [0.1, 0.15) is 63.5 Å². The van der Waals surface area contributed by atoms with E-state index in [-0.39, 0.29) is 17.9 Å². The maximum atomic E-state index is 13.1. The molecule has 1 aliphatic rings. The molecule has 0 spiro atoms. The molecule has 4 heteroatoms. The van der Waals surface area contributed by atoms with Crippen LogP contribution >= 0.6 is 0 Å². The number of carbonyl (C=O) groups excluding carboxylic acids is 1. The molecule has 3 nitrogen and oxygen atoms in total. The molecule has 0 radical (unpaired) electrons. The Morgan fingerprint density at radius 2 is 1.91 bits per heavy atom. The van der Waals surface area contributed by atoms with E-state index in [1.807, 2.05) is 6.92 Å². The Kier molecular flexibility index (Phi) is 7.53. The van der Waals surface area contributed by atoms with E-state index in [0.29, 0.717) is 6.42 Å². The lowest BCUT2D eigenvalue weighted by molar-refractivity contribution is -0.150. The Morgan fingerprint density at radius 1 is 1.22 bits per heavy atom. The summed E-state index contributed by atoms with van der Waals surface area (Å²) in [6.07, 6.45) is 6.63. The Bertz CT molecular complexity index is 469. The van der Waals surface area contributed by atoms with E-state index < -0.39 is 0 Å². The number of hydrogen-bond donors (Lipinski definition) is 0. The van der Waals surface area contributed by atoms with E-state index in [2.05, 4.69) is 4.90 Å². The number of esters is 1. The third-order valence-corrected chi connectivity index (χ3v) is 4.36. The van der Waals surface area contributed by atoms with Crippen molar-refractivity contribution in [1.29, 1.82) is 0 Å². The molecule has 0 saturated carbocycles. The van der Waals surface area contributed by atoms with Crippen molar-refractivity contribution in [3.63, 3.8) is 0 Å². The lowest BCUT2D eigenvalue weighted by Gasteiger charge is -2.27. The maximum Gasteiger partial charge on any atom is 0.306 e. The Hall–Kier alpha value is -1.42. The molecule has 1 unspecified atom stereocenters. The van der Waals surface area contributed by atoms with E-state index in [0.717, 1.165) is 31.4 Å². The minimum absolute atomic E-state index is 0.167. The van der Waals surface area contributed by atoms with E-state index in [1.165, 1.54) is 44.5 Å². The number of halogens is 1. The van der Waals surface area contributed by atoms with Crippen molar-refractivity contribution in [3.05, 3.63) is 35.6 Å². The molecule has 0 aliphatic carbocycles. The van der Waals surface area contributed by atoms with Crippen LogP contribution in [0.3, 0.4) is 0 Å². The van der Waals surface area contributed by atoms with E-state index >= 15 is 0 Å². The van der Waals surface area contributed by atoms with Crippen LogP contribution in [0.2, 0.25) is 0 Å². The number of likely N-dealkylation sites (tertiary alicyclic amines) is 1. The summed E-state index contributed by atoms with van der Waals surface area (Å²) < 4.78 is 18.7. The molecule has 1 heterocycles. The molecule has 1 atom stereocenters. The molecule has 1 aromatic rings. The molecule has 1 fully saturated rings. The van der Waals surface area contributed by atoms with Crippen molar-refractivity contribution in [2.24, 2.45) is 0 Å². The summed E-state index contributed by atoms with van der Waals surface area (Å²) in [6, 6.07) is 6.31. The van der Waals surface area contributed by atoms with Gasteiger partial charge < -0.3 is 9.64 Å². The molecule has 23 heavy (non-hydrogen) atoms. The summed E-state index contributed by atoms with van der Waals surface area (Å²) in [5.41, 5.74) is 0.884. The lowest BCUT2D eigenvalue weighted by Crippen LogP contribution is -2.30. The topological polar surface area (TPSA) is 29.5 Å². The van der Waals surface area contributed by atoms with Crippen LogP contribution in [0.25, 0.3) is 0 Å². The zero-order chi connectivity index (χ0) is 16.5. The van der Waals surface area contributed by atoms with Gasteiger partial charge in [0, 0.05) is 6.42 Å². The van der Waals surface area contributed by atoms with Crippen LogP contribution in [0.4, 0.5) is 4.39 Å². The molecular weight excluding hydrogens is 293 g/mol. The molecule has 1 aliphatic heterocycles. The third-order valence-electron chi connectivity index (χ3n) is 4.36. The number of ether oxygens (including phenoxy) is 1. The highest BCUT2D eigenvalue weighted by molar-refractivity contribution is 5.69. The van der Waals surface area contributed by atoms with E-state index in [9.17, 15) is 9.18 Å². The van der Waals surface area contributed by atoms with Crippen molar-refractivity contribution >= 4 is 5.97 Å². The van der Waals surface area contributed by atoms with Crippen molar-refractivity contribution in [2.75, 3.05) is 19.6 Å². The Morgan fingerprint density at radius 3 is 2.57 bits per heavy atom. The highest BCUT2D eigenvalue weighted by Gasteiger charge is 2.17. The second-order valence-corrected chi connectivity index (χ2v) is 6.32. The van der Waals surface area contributed by atoms with Gasteiger partial charge in [0.05, 0.1) is 0 Å². The van der Waals surface area contributed by atoms with Gasteiger partial charge in [0.2, 0.25) is 0 Å². The predicted molar refractivity (Wildman–Crippen MR) is 89.7 cm³/mol. The number of carbonyl (C=O) groups is 1. The summed E-state index contributed by atoms with van der Waals surface area (Å²) in [4.78, 5) is 14.3. The van der Waals surface area contributed by atoms with Gasteiger partial charge in [-0.2, -0.15) is 0 Å². The average molecular weight is 321 g/mol. The second-order valence-electron chi connectivity index (χ2n) is 6.32. The van der Waals surface area contributed by atoms with Crippen LogP contribution in [-0.4, -0.2) is 30.5 Å².